The summed E-state index contributed by atoms with van der Waals surface area (Å²) in [5.74, 6) is 1.71. The van der Waals surface area contributed by atoms with E-state index < -0.39 is 0 Å². The Morgan fingerprint density at radius 2 is 0.729 bits per heavy atom. The van der Waals surface area contributed by atoms with Crippen molar-refractivity contribution in [3.8, 4) is 11.1 Å². The molecule has 48 heavy (non-hydrogen) atoms. The Kier molecular flexibility index (Phi) is 8.04. The molecule has 230 valence electrons. The molecule has 4 nitrogen and oxygen atoms in total. The Morgan fingerprint density at radius 3 is 1.25 bits per heavy atom. The van der Waals surface area contributed by atoms with Gasteiger partial charge in [0.2, 0.25) is 0 Å². The highest BCUT2D eigenvalue weighted by Gasteiger charge is 2.23. The van der Waals surface area contributed by atoms with Crippen molar-refractivity contribution >= 4 is 23.1 Å². The first-order valence-electron chi connectivity index (χ1n) is 16.3. The number of amidine groups is 2. The van der Waals surface area contributed by atoms with Crippen molar-refractivity contribution in [3.63, 3.8) is 0 Å². The van der Waals surface area contributed by atoms with E-state index >= 15 is 0 Å². The van der Waals surface area contributed by atoms with Crippen LogP contribution in [0.5, 0.6) is 0 Å². The fourth-order valence-corrected chi connectivity index (χ4v) is 6.28. The second-order valence-corrected chi connectivity index (χ2v) is 12.0. The Labute approximate surface area is 281 Å². The highest BCUT2D eigenvalue weighted by Crippen LogP contribution is 2.35. The highest BCUT2D eigenvalue weighted by atomic mass is 15.1. The standard InChI is InChI=1S/C44H34N4/c1-6-16-31(17-7-1)36-26-37(41-29-39(32-18-8-2-9-19-32)45-43(47-41)34-22-12-4-13-23-34)28-38(27-36)42-30-40(33-20-10-3-11-21-33)46-44(48-42)35-24-14-5-15-25-35/h1-30,39,42H,(H,45,47)(H,46,48). The third kappa shape index (κ3) is 6.24. The molecule has 4 heteroatoms. The van der Waals surface area contributed by atoms with E-state index in [0.29, 0.717) is 0 Å². The smallest absolute Gasteiger partial charge is 0.133 e. The lowest BCUT2D eigenvalue weighted by atomic mass is 9.92. The Hall–Kier alpha value is -6.26. The third-order valence-corrected chi connectivity index (χ3v) is 8.73. The van der Waals surface area contributed by atoms with E-state index in [0.717, 1.165) is 67.6 Å². The first kappa shape index (κ1) is 29.2. The molecule has 2 N–H and O–H groups in total. The van der Waals surface area contributed by atoms with Gasteiger partial charge in [0, 0.05) is 22.5 Å². The quantitative estimate of drug-likeness (QED) is 0.187. The van der Waals surface area contributed by atoms with Gasteiger partial charge in [0.15, 0.2) is 0 Å². The Balaban J connectivity index is 1.28. The molecule has 0 spiro atoms. The number of hydrogen-bond donors (Lipinski definition) is 2. The zero-order chi connectivity index (χ0) is 32.1. The SMILES string of the molecule is C1=C(c2cc(-c3ccccc3)cc(C3C=C(c4ccccc4)NC(c4ccccc4)=N3)c2)NC(c2ccccc2)=NC1c1ccccc1. The van der Waals surface area contributed by atoms with E-state index in [4.69, 9.17) is 9.98 Å². The van der Waals surface area contributed by atoms with Gasteiger partial charge in [-0.1, -0.05) is 152 Å². The molecule has 6 aromatic rings. The minimum atomic E-state index is -0.213. The van der Waals surface area contributed by atoms with Crippen LogP contribution in [-0.4, -0.2) is 11.7 Å². The molecule has 0 saturated carbocycles. The molecule has 6 aromatic carbocycles. The zero-order valence-electron chi connectivity index (χ0n) is 26.4. The van der Waals surface area contributed by atoms with Crippen LogP contribution in [0.25, 0.3) is 22.5 Å². The molecule has 2 aliphatic rings. The van der Waals surface area contributed by atoms with Crippen molar-refractivity contribution in [1.29, 1.82) is 0 Å². The van der Waals surface area contributed by atoms with E-state index in [9.17, 15) is 0 Å². The predicted octanol–water partition coefficient (Wildman–Crippen LogP) is 9.62. The summed E-state index contributed by atoms with van der Waals surface area (Å²) in [6.45, 7) is 0. The minimum absolute atomic E-state index is 0.132. The van der Waals surface area contributed by atoms with Gasteiger partial charge in [0.1, 0.15) is 11.7 Å². The van der Waals surface area contributed by atoms with Gasteiger partial charge in [-0.15, -0.1) is 0 Å². The van der Waals surface area contributed by atoms with Gasteiger partial charge in [-0.2, -0.15) is 0 Å². The average Bonchev–Trinajstić information content (AvgIpc) is 3.19. The summed E-state index contributed by atoms with van der Waals surface area (Å²) in [6.07, 6.45) is 4.48. The monoisotopic (exact) mass is 618 g/mol. The number of rotatable bonds is 7. The maximum Gasteiger partial charge on any atom is 0.133 e. The topological polar surface area (TPSA) is 48.8 Å². The second-order valence-electron chi connectivity index (χ2n) is 12.0. The number of benzene rings is 6. The molecule has 0 fully saturated rings. The van der Waals surface area contributed by atoms with Crippen LogP contribution >= 0.6 is 0 Å². The van der Waals surface area contributed by atoms with Crippen LogP contribution in [0.2, 0.25) is 0 Å². The lowest BCUT2D eigenvalue weighted by Gasteiger charge is -2.26. The van der Waals surface area contributed by atoms with Crippen molar-refractivity contribution in [1.82, 2.24) is 10.6 Å². The Morgan fingerprint density at radius 1 is 0.333 bits per heavy atom. The number of nitrogens with one attached hydrogen (secondary N) is 2. The van der Waals surface area contributed by atoms with Crippen molar-refractivity contribution in [2.24, 2.45) is 9.98 Å². The molecule has 2 atom stereocenters. The molecule has 0 aliphatic carbocycles. The summed E-state index contributed by atoms with van der Waals surface area (Å²) in [6, 6.07) is 58.8. The van der Waals surface area contributed by atoms with Gasteiger partial charge in [-0.3, -0.25) is 9.98 Å². The highest BCUT2D eigenvalue weighted by molar-refractivity contribution is 6.06. The van der Waals surface area contributed by atoms with Crippen molar-refractivity contribution in [2.45, 2.75) is 12.1 Å². The summed E-state index contributed by atoms with van der Waals surface area (Å²) >= 11 is 0. The fraction of sp³-hybridized carbons (Fsp3) is 0.0455. The summed E-state index contributed by atoms with van der Waals surface area (Å²) in [5, 5.41) is 7.34. The molecule has 2 aliphatic heterocycles. The molecule has 0 saturated heterocycles. The largest absolute Gasteiger partial charge is 0.340 e. The maximum absolute atomic E-state index is 5.31. The van der Waals surface area contributed by atoms with Gasteiger partial charge in [0.05, 0.1) is 12.1 Å². The normalized spacial score (nSPS) is 17.2. The lowest BCUT2D eigenvalue weighted by molar-refractivity contribution is 0.873. The molecular weight excluding hydrogens is 585 g/mol. The lowest BCUT2D eigenvalue weighted by Crippen LogP contribution is -2.28. The van der Waals surface area contributed by atoms with Crippen LogP contribution in [0.15, 0.2) is 192 Å². The molecule has 0 bridgehead atoms. The first-order chi connectivity index (χ1) is 23.8. The molecule has 0 aromatic heterocycles. The van der Waals surface area contributed by atoms with Gasteiger partial charge in [-0.05, 0) is 63.7 Å². The van der Waals surface area contributed by atoms with E-state index in [1.54, 1.807) is 0 Å². The van der Waals surface area contributed by atoms with Crippen molar-refractivity contribution in [2.75, 3.05) is 0 Å². The van der Waals surface area contributed by atoms with E-state index in [2.05, 4.69) is 168 Å². The van der Waals surface area contributed by atoms with Gasteiger partial charge < -0.3 is 10.6 Å². The number of hydrogen-bond acceptors (Lipinski definition) is 4. The molecular formula is C44H34N4. The van der Waals surface area contributed by atoms with Crippen molar-refractivity contribution < 1.29 is 0 Å². The first-order valence-corrected chi connectivity index (χ1v) is 16.3. The minimum Gasteiger partial charge on any atom is -0.340 e. The van der Waals surface area contributed by atoms with Crippen LogP contribution in [0, 0.1) is 0 Å². The van der Waals surface area contributed by atoms with Gasteiger partial charge in [-0.25, -0.2) is 0 Å². The summed E-state index contributed by atoms with van der Waals surface area (Å²) in [7, 11) is 0. The van der Waals surface area contributed by atoms with E-state index in [1.165, 1.54) is 0 Å². The average molecular weight is 619 g/mol. The molecule has 2 unspecified atom stereocenters. The van der Waals surface area contributed by atoms with E-state index in [-0.39, 0.29) is 12.1 Å². The second kappa shape index (κ2) is 13.2. The van der Waals surface area contributed by atoms with Crippen LogP contribution in [0.1, 0.15) is 45.5 Å². The van der Waals surface area contributed by atoms with Gasteiger partial charge in [0.25, 0.3) is 0 Å². The molecule has 8 rings (SSSR count). The van der Waals surface area contributed by atoms with Crippen LogP contribution in [0.4, 0.5) is 0 Å². The van der Waals surface area contributed by atoms with Gasteiger partial charge >= 0.3 is 0 Å². The van der Waals surface area contributed by atoms with Crippen LogP contribution in [-0.2, 0) is 0 Å². The summed E-state index contributed by atoms with van der Waals surface area (Å²) in [5.41, 5.74) is 10.9. The maximum atomic E-state index is 5.31. The number of aliphatic imine (C=N–C) groups is 2. The van der Waals surface area contributed by atoms with Crippen LogP contribution in [0.3, 0.4) is 0 Å². The van der Waals surface area contributed by atoms with Crippen molar-refractivity contribution in [3.05, 3.63) is 215 Å². The molecule has 0 amide bonds. The van der Waals surface area contributed by atoms with Crippen LogP contribution < -0.4 is 10.6 Å². The third-order valence-electron chi connectivity index (χ3n) is 8.73. The molecule has 2 heterocycles. The Bertz CT molecular complexity index is 2100. The fourth-order valence-electron chi connectivity index (χ4n) is 6.28. The number of nitrogens with zero attached hydrogens (tertiary/aromatic N) is 2. The van der Waals surface area contributed by atoms with E-state index in [1.807, 2.05) is 24.3 Å². The zero-order valence-corrected chi connectivity index (χ0v) is 26.4. The molecule has 0 radical (unpaired) electrons. The predicted molar refractivity (Wildman–Crippen MR) is 198 cm³/mol. The summed E-state index contributed by atoms with van der Waals surface area (Å²) in [4.78, 5) is 10.5. The summed E-state index contributed by atoms with van der Waals surface area (Å²) < 4.78 is 0.